The normalized spacial score (nSPS) is 19.6. The maximum atomic E-state index is 13.0. The molecule has 0 saturated carbocycles. The highest BCUT2D eigenvalue weighted by atomic mass is 16.5. The number of methoxy groups -OCH3 is 1. The van der Waals surface area contributed by atoms with E-state index in [1.165, 1.54) is 26.2 Å². The number of hydrogen-bond acceptors (Lipinski definition) is 7. The Morgan fingerprint density at radius 1 is 1.07 bits per heavy atom. The van der Waals surface area contributed by atoms with Crippen molar-refractivity contribution in [3.63, 3.8) is 0 Å². The second kappa shape index (κ2) is 6.33. The molecule has 0 spiro atoms. The third-order valence-electron chi connectivity index (χ3n) is 5.13. The molecule has 0 unspecified atom stereocenters. The predicted octanol–water partition coefficient (Wildman–Crippen LogP) is 1.08. The van der Waals surface area contributed by atoms with Crippen LogP contribution < -0.4 is 4.74 Å². The fourth-order valence-electron chi connectivity index (χ4n) is 3.56. The molecule has 2 aromatic rings. The van der Waals surface area contributed by atoms with Crippen LogP contribution in [0.3, 0.4) is 0 Å². The summed E-state index contributed by atoms with van der Waals surface area (Å²) in [6, 6.07) is 2.52. The quantitative estimate of drug-likeness (QED) is 0.677. The Morgan fingerprint density at radius 2 is 1.56 bits per heavy atom. The van der Waals surface area contributed by atoms with Gasteiger partial charge in [0.05, 0.1) is 24.2 Å². The van der Waals surface area contributed by atoms with Crippen molar-refractivity contribution in [2.24, 2.45) is 5.92 Å². The van der Waals surface area contributed by atoms with Gasteiger partial charge in [-0.05, 0) is 25.5 Å². The Morgan fingerprint density at radius 3 is 2.00 bits per heavy atom. The van der Waals surface area contributed by atoms with Gasteiger partial charge < -0.3 is 25.5 Å². The number of Topliss-reactive ketones (excluding diaryl/α,β-unsaturated/α-hetero) is 3. The number of hydrogen-bond donors (Lipinski definition) is 3. The van der Waals surface area contributed by atoms with Gasteiger partial charge in [-0.25, -0.2) is 0 Å². The van der Waals surface area contributed by atoms with E-state index in [4.69, 9.17) is 4.74 Å². The molecule has 1 aliphatic rings. The topological polar surface area (TPSA) is 153 Å². The molecule has 0 aromatic heterocycles. The molecule has 3 rings (SSSR count). The predicted molar refractivity (Wildman–Crippen MR) is 95.6 cm³/mol. The van der Waals surface area contributed by atoms with Crippen LogP contribution in [-0.4, -0.2) is 50.9 Å². The first-order valence-corrected chi connectivity index (χ1v) is 7.95. The second-order valence-electron chi connectivity index (χ2n) is 6.57. The van der Waals surface area contributed by atoms with E-state index < -0.39 is 40.4 Å². The van der Waals surface area contributed by atoms with Gasteiger partial charge in [-0.2, -0.15) is 0 Å². The molecule has 0 saturated heterocycles. The molecule has 0 bridgehead atoms. The highest BCUT2D eigenvalue weighted by molar-refractivity contribution is 6.37. The number of carbonyl (C=O) groups is 3. The molecule has 2 atom stereocenters. The molecular formula is C19H20O8. The van der Waals surface area contributed by atoms with Crippen molar-refractivity contribution in [1.82, 2.24) is 0 Å². The lowest BCUT2D eigenvalue weighted by atomic mass is 9.69. The zero-order valence-electron chi connectivity index (χ0n) is 15.2. The van der Waals surface area contributed by atoms with Crippen molar-refractivity contribution in [2.75, 3.05) is 7.11 Å². The first-order valence-electron chi connectivity index (χ1n) is 7.95. The van der Waals surface area contributed by atoms with Gasteiger partial charge >= 0.3 is 0 Å². The van der Waals surface area contributed by atoms with Crippen LogP contribution in [0.5, 0.6) is 17.2 Å². The first kappa shape index (κ1) is 20.3. The molecule has 1 aliphatic carbocycles. The SMILES string of the molecule is COc1cc(O)c2c3c(c(O)cc(C)c13)C(=O)[C@](O)([C@H](C)C(C)=O)C2=O.O. The minimum atomic E-state index is -2.70. The Labute approximate surface area is 154 Å². The summed E-state index contributed by atoms with van der Waals surface area (Å²) < 4.78 is 5.23. The zero-order chi connectivity index (χ0) is 19.5. The number of aromatic hydroxyl groups is 2. The fraction of sp³-hybridized carbons (Fsp3) is 0.316. The number of rotatable bonds is 3. The number of ketones is 3. The van der Waals surface area contributed by atoms with Crippen LogP contribution in [0.15, 0.2) is 12.1 Å². The van der Waals surface area contributed by atoms with Gasteiger partial charge in [-0.3, -0.25) is 14.4 Å². The average Bonchev–Trinajstić information content (AvgIpc) is 2.57. The molecule has 5 N–H and O–H groups in total. The van der Waals surface area contributed by atoms with Crippen LogP contribution in [0.4, 0.5) is 0 Å². The summed E-state index contributed by atoms with van der Waals surface area (Å²) in [7, 11) is 1.36. The number of benzene rings is 2. The summed E-state index contributed by atoms with van der Waals surface area (Å²) >= 11 is 0. The van der Waals surface area contributed by atoms with Crippen molar-refractivity contribution in [3.8, 4) is 17.2 Å². The Kier molecular flexibility index (Phi) is 4.77. The molecule has 0 aliphatic heterocycles. The smallest absolute Gasteiger partial charge is 0.207 e. The third kappa shape index (κ3) is 2.41. The number of phenolic OH excluding ortho intramolecular Hbond substituents is 2. The monoisotopic (exact) mass is 376 g/mol. The van der Waals surface area contributed by atoms with Crippen molar-refractivity contribution in [3.05, 3.63) is 28.8 Å². The van der Waals surface area contributed by atoms with Gasteiger partial charge in [0, 0.05) is 16.8 Å². The van der Waals surface area contributed by atoms with Crippen LogP contribution in [0.25, 0.3) is 10.8 Å². The molecule has 0 fully saturated rings. The molecule has 2 aromatic carbocycles. The van der Waals surface area contributed by atoms with E-state index in [2.05, 4.69) is 0 Å². The van der Waals surface area contributed by atoms with E-state index in [1.54, 1.807) is 6.92 Å². The van der Waals surface area contributed by atoms with Crippen LogP contribution in [0, 0.1) is 12.8 Å². The van der Waals surface area contributed by atoms with Crippen molar-refractivity contribution in [1.29, 1.82) is 0 Å². The first-order chi connectivity index (χ1) is 12.1. The van der Waals surface area contributed by atoms with Crippen molar-refractivity contribution >= 4 is 28.1 Å². The average molecular weight is 376 g/mol. The van der Waals surface area contributed by atoms with Crippen LogP contribution in [-0.2, 0) is 4.79 Å². The standard InChI is InChI=1S/C19H18O7.H2O/c1-7-5-10(21)14-16-13(7)12(26-4)6-11(22)15(16)18(24)19(25,17(14)23)8(2)9(3)20;/h5-6,8,21-22,25H,1-4H3;1H2/t8-,19-;/m1./s1. The summed E-state index contributed by atoms with van der Waals surface area (Å²) in [6.45, 7) is 4.06. The lowest BCUT2D eigenvalue weighted by Gasteiger charge is -2.35. The van der Waals surface area contributed by atoms with Gasteiger partial charge in [-0.15, -0.1) is 0 Å². The minimum absolute atomic E-state index is 0. The van der Waals surface area contributed by atoms with Crippen molar-refractivity contribution in [2.45, 2.75) is 26.4 Å². The molecular weight excluding hydrogens is 356 g/mol. The summed E-state index contributed by atoms with van der Waals surface area (Å²) in [5.41, 5.74) is -2.81. The zero-order valence-corrected chi connectivity index (χ0v) is 15.2. The maximum Gasteiger partial charge on any atom is 0.207 e. The second-order valence-corrected chi connectivity index (χ2v) is 6.57. The lowest BCUT2D eigenvalue weighted by Crippen LogP contribution is -2.55. The number of aliphatic hydroxyl groups is 1. The number of ether oxygens (including phenoxy) is 1. The molecule has 0 amide bonds. The fourth-order valence-corrected chi connectivity index (χ4v) is 3.56. The lowest BCUT2D eigenvalue weighted by molar-refractivity contribution is -0.125. The summed E-state index contributed by atoms with van der Waals surface area (Å²) in [4.78, 5) is 37.8. The van der Waals surface area contributed by atoms with Gasteiger partial charge in [0.2, 0.25) is 11.6 Å². The minimum Gasteiger partial charge on any atom is -0.507 e. The maximum absolute atomic E-state index is 13.0. The summed E-state index contributed by atoms with van der Waals surface area (Å²) in [6.07, 6.45) is 0. The summed E-state index contributed by atoms with van der Waals surface area (Å²) in [5.74, 6) is -4.82. The van der Waals surface area contributed by atoms with Crippen LogP contribution in [0.2, 0.25) is 0 Å². The van der Waals surface area contributed by atoms with E-state index in [0.29, 0.717) is 10.9 Å². The Balaban J connectivity index is 0.00000261. The third-order valence-corrected chi connectivity index (χ3v) is 5.13. The molecule has 0 heterocycles. The van der Waals surface area contributed by atoms with Gasteiger partial charge in [-0.1, -0.05) is 6.92 Å². The molecule has 0 radical (unpaired) electrons. The van der Waals surface area contributed by atoms with Gasteiger partial charge in [0.1, 0.15) is 23.0 Å². The molecule has 8 nitrogen and oxygen atoms in total. The van der Waals surface area contributed by atoms with E-state index in [1.807, 2.05) is 0 Å². The molecule has 144 valence electrons. The van der Waals surface area contributed by atoms with Gasteiger partial charge in [0.25, 0.3) is 0 Å². The van der Waals surface area contributed by atoms with E-state index in [9.17, 15) is 29.7 Å². The molecule has 8 heteroatoms. The Hall–Kier alpha value is -2.97. The summed E-state index contributed by atoms with van der Waals surface area (Å²) in [5, 5.41) is 32.0. The van der Waals surface area contributed by atoms with Crippen molar-refractivity contribution < 1.29 is 39.9 Å². The van der Waals surface area contributed by atoms with Crippen LogP contribution in [0.1, 0.15) is 40.1 Å². The van der Waals surface area contributed by atoms with E-state index >= 15 is 0 Å². The largest absolute Gasteiger partial charge is 0.507 e. The highest BCUT2D eigenvalue weighted by Crippen LogP contribution is 2.48. The van der Waals surface area contributed by atoms with Crippen LogP contribution >= 0.6 is 0 Å². The Bertz CT molecular complexity index is 983. The highest BCUT2D eigenvalue weighted by Gasteiger charge is 2.56. The van der Waals surface area contributed by atoms with E-state index in [0.717, 1.165) is 6.92 Å². The number of phenols is 2. The number of aryl methyl sites for hydroxylation is 1. The molecule has 27 heavy (non-hydrogen) atoms. The van der Waals surface area contributed by atoms with Gasteiger partial charge in [0.15, 0.2) is 5.60 Å². The number of carbonyl (C=O) groups excluding carboxylic acids is 3. The van der Waals surface area contributed by atoms with E-state index in [-0.39, 0.29) is 27.7 Å².